The SMILES string of the molecule is O=C(O)C(c1c[nH]c2cc(OCc3ccccc3)ccc12)N1CCN(c2nsc3ccccc23)CC1. The largest absolute Gasteiger partial charge is 0.489 e. The van der Waals surface area contributed by atoms with Crippen LogP contribution in [-0.4, -0.2) is 51.5 Å². The van der Waals surface area contributed by atoms with Gasteiger partial charge in [0.2, 0.25) is 0 Å². The molecule has 0 radical (unpaired) electrons. The highest BCUT2D eigenvalue weighted by Gasteiger charge is 2.33. The zero-order valence-corrected chi connectivity index (χ0v) is 20.4. The number of nitrogens with one attached hydrogen (secondary N) is 1. The van der Waals surface area contributed by atoms with Crippen LogP contribution in [0.5, 0.6) is 5.75 Å². The van der Waals surface area contributed by atoms with Gasteiger partial charge in [0.15, 0.2) is 0 Å². The standard InChI is InChI=1S/C28H26N4O3S/c33-28(34)26(31-12-14-32(15-13-31)27-22-8-4-5-9-25(22)36-30-27)23-17-29-24-16-20(10-11-21(23)24)35-18-19-6-2-1-3-7-19/h1-11,16-17,26,29H,12-15,18H2,(H,33,34). The Morgan fingerprint density at radius 2 is 1.78 bits per heavy atom. The lowest BCUT2D eigenvalue weighted by Gasteiger charge is -2.38. The van der Waals surface area contributed by atoms with Gasteiger partial charge in [0, 0.05) is 60.3 Å². The van der Waals surface area contributed by atoms with Crippen LogP contribution in [0.15, 0.2) is 79.0 Å². The van der Waals surface area contributed by atoms with Gasteiger partial charge in [-0.2, -0.15) is 4.37 Å². The maximum Gasteiger partial charge on any atom is 0.325 e. The summed E-state index contributed by atoms with van der Waals surface area (Å²) in [4.78, 5) is 20.0. The van der Waals surface area contributed by atoms with Crippen molar-refractivity contribution in [2.75, 3.05) is 31.1 Å². The Hall–Kier alpha value is -3.88. The molecule has 1 saturated heterocycles. The van der Waals surface area contributed by atoms with Gasteiger partial charge in [-0.15, -0.1) is 0 Å². The summed E-state index contributed by atoms with van der Waals surface area (Å²) < 4.78 is 11.8. The fraction of sp³-hybridized carbons (Fsp3) is 0.214. The number of carboxylic acids is 1. The molecule has 182 valence electrons. The fourth-order valence-corrected chi connectivity index (χ4v) is 5.76. The molecule has 0 spiro atoms. The van der Waals surface area contributed by atoms with E-state index in [1.165, 1.54) is 16.2 Å². The molecule has 1 unspecified atom stereocenters. The van der Waals surface area contributed by atoms with E-state index in [-0.39, 0.29) is 0 Å². The molecule has 1 aliphatic rings. The Morgan fingerprint density at radius 1 is 1.00 bits per heavy atom. The second kappa shape index (κ2) is 9.64. The van der Waals surface area contributed by atoms with Crippen molar-refractivity contribution in [2.45, 2.75) is 12.6 Å². The van der Waals surface area contributed by atoms with Crippen LogP contribution in [0.3, 0.4) is 0 Å². The van der Waals surface area contributed by atoms with Crippen LogP contribution in [0.2, 0.25) is 0 Å². The lowest BCUT2D eigenvalue weighted by molar-refractivity contribution is -0.143. The highest BCUT2D eigenvalue weighted by molar-refractivity contribution is 7.13. The van der Waals surface area contributed by atoms with Crippen LogP contribution < -0.4 is 9.64 Å². The minimum absolute atomic E-state index is 0.482. The van der Waals surface area contributed by atoms with E-state index in [9.17, 15) is 9.90 Å². The highest BCUT2D eigenvalue weighted by Crippen LogP contribution is 2.34. The zero-order chi connectivity index (χ0) is 24.5. The van der Waals surface area contributed by atoms with Gasteiger partial charge in [-0.1, -0.05) is 42.5 Å². The van der Waals surface area contributed by atoms with Crippen molar-refractivity contribution in [2.24, 2.45) is 0 Å². The van der Waals surface area contributed by atoms with Crippen molar-refractivity contribution in [3.63, 3.8) is 0 Å². The van der Waals surface area contributed by atoms with Crippen molar-refractivity contribution in [3.05, 3.63) is 90.1 Å². The van der Waals surface area contributed by atoms with Crippen molar-refractivity contribution in [1.29, 1.82) is 0 Å². The summed E-state index contributed by atoms with van der Waals surface area (Å²) in [6.07, 6.45) is 1.82. The van der Waals surface area contributed by atoms with Crippen LogP contribution in [-0.2, 0) is 11.4 Å². The van der Waals surface area contributed by atoms with E-state index in [1.807, 2.05) is 66.9 Å². The molecule has 1 aliphatic heterocycles. The van der Waals surface area contributed by atoms with E-state index in [2.05, 4.69) is 31.3 Å². The molecule has 5 aromatic rings. The Morgan fingerprint density at radius 3 is 2.58 bits per heavy atom. The number of benzene rings is 3. The molecule has 8 heteroatoms. The summed E-state index contributed by atoms with van der Waals surface area (Å²) in [6.45, 7) is 3.24. The number of aliphatic carboxylic acids is 1. The van der Waals surface area contributed by atoms with E-state index >= 15 is 0 Å². The minimum atomic E-state index is -0.840. The number of H-pyrrole nitrogens is 1. The van der Waals surface area contributed by atoms with Crippen LogP contribution in [0.1, 0.15) is 17.2 Å². The number of fused-ring (bicyclic) bond motifs is 2. The number of anilines is 1. The van der Waals surface area contributed by atoms with Gasteiger partial charge in [0.1, 0.15) is 24.2 Å². The molecular formula is C28H26N4O3S. The number of carboxylic acid groups (broad SMARTS) is 1. The number of hydrogen-bond donors (Lipinski definition) is 2. The predicted molar refractivity (Wildman–Crippen MR) is 143 cm³/mol. The quantitative estimate of drug-likeness (QED) is 0.317. The summed E-state index contributed by atoms with van der Waals surface area (Å²) in [7, 11) is 0. The van der Waals surface area contributed by atoms with Gasteiger partial charge >= 0.3 is 5.97 Å². The average molecular weight is 499 g/mol. The van der Waals surface area contributed by atoms with Gasteiger partial charge in [-0.25, -0.2) is 0 Å². The van der Waals surface area contributed by atoms with Gasteiger partial charge in [-0.05, 0) is 41.4 Å². The van der Waals surface area contributed by atoms with E-state index in [0.29, 0.717) is 19.7 Å². The number of aromatic nitrogens is 2. The van der Waals surface area contributed by atoms with Crippen LogP contribution >= 0.6 is 11.5 Å². The molecular weight excluding hydrogens is 472 g/mol. The van der Waals surface area contributed by atoms with Crippen LogP contribution in [0, 0.1) is 0 Å². The monoisotopic (exact) mass is 498 g/mol. The predicted octanol–water partition coefficient (Wildman–Crippen LogP) is 5.30. The molecule has 3 aromatic carbocycles. The molecule has 2 N–H and O–H groups in total. The third kappa shape index (κ3) is 4.29. The second-order valence-corrected chi connectivity index (χ2v) is 9.80. The summed E-state index contributed by atoms with van der Waals surface area (Å²) in [5.41, 5.74) is 2.74. The third-order valence-corrected chi connectivity index (χ3v) is 7.62. The first-order valence-corrected chi connectivity index (χ1v) is 12.8. The number of carbonyl (C=O) groups is 1. The third-order valence-electron chi connectivity index (χ3n) is 6.80. The normalized spacial score (nSPS) is 15.4. The molecule has 0 bridgehead atoms. The molecule has 0 amide bonds. The molecule has 3 heterocycles. The maximum absolute atomic E-state index is 12.4. The molecule has 0 saturated carbocycles. The van der Waals surface area contributed by atoms with Gasteiger partial charge in [0.25, 0.3) is 0 Å². The van der Waals surface area contributed by atoms with Crippen LogP contribution in [0.25, 0.3) is 21.0 Å². The Bertz CT molecular complexity index is 1510. The van der Waals surface area contributed by atoms with Gasteiger partial charge in [-0.3, -0.25) is 9.69 Å². The first-order chi connectivity index (χ1) is 17.7. The summed E-state index contributed by atoms with van der Waals surface area (Å²) in [5, 5.41) is 12.3. The van der Waals surface area contributed by atoms with E-state index in [4.69, 9.17) is 4.74 Å². The number of ether oxygens (including phenoxy) is 1. The molecule has 1 atom stereocenters. The van der Waals surface area contributed by atoms with Gasteiger partial charge < -0.3 is 19.7 Å². The summed E-state index contributed by atoms with van der Waals surface area (Å²) in [6, 6.07) is 23.3. The van der Waals surface area contributed by atoms with Crippen LogP contribution in [0.4, 0.5) is 5.82 Å². The minimum Gasteiger partial charge on any atom is -0.489 e. The number of aromatic amines is 1. The second-order valence-electron chi connectivity index (χ2n) is 8.99. The van der Waals surface area contributed by atoms with E-state index < -0.39 is 12.0 Å². The molecule has 1 fully saturated rings. The molecule has 2 aromatic heterocycles. The summed E-state index contributed by atoms with van der Waals surface area (Å²) >= 11 is 1.51. The lowest BCUT2D eigenvalue weighted by atomic mass is 10.0. The number of piperazine rings is 1. The molecule has 36 heavy (non-hydrogen) atoms. The smallest absolute Gasteiger partial charge is 0.325 e. The number of nitrogens with zero attached hydrogens (tertiary/aromatic N) is 3. The Kier molecular flexibility index (Phi) is 6.04. The van der Waals surface area contributed by atoms with E-state index in [0.717, 1.165) is 52.1 Å². The van der Waals surface area contributed by atoms with Crippen molar-refractivity contribution in [3.8, 4) is 5.75 Å². The van der Waals surface area contributed by atoms with Crippen molar-refractivity contribution in [1.82, 2.24) is 14.3 Å². The average Bonchev–Trinajstić information content (AvgIpc) is 3.53. The number of hydrogen-bond acceptors (Lipinski definition) is 6. The van der Waals surface area contributed by atoms with E-state index in [1.54, 1.807) is 0 Å². The molecule has 6 rings (SSSR count). The maximum atomic E-state index is 12.4. The molecule has 7 nitrogen and oxygen atoms in total. The highest BCUT2D eigenvalue weighted by atomic mass is 32.1. The first-order valence-electron chi connectivity index (χ1n) is 12.0. The summed E-state index contributed by atoms with van der Waals surface area (Å²) in [5.74, 6) is 0.904. The lowest BCUT2D eigenvalue weighted by Crippen LogP contribution is -2.49. The molecule has 0 aliphatic carbocycles. The topological polar surface area (TPSA) is 81.7 Å². The Balaban J connectivity index is 1.18. The fourth-order valence-electron chi connectivity index (χ4n) is 4.96. The zero-order valence-electron chi connectivity index (χ0n) is 19.6. The number of rotatable bonds is 7. The first kappa shape index (κ1) is 22.6. The van der Waals surface area contributed by atoms with Gasteiger partial charge in [0.05, 0.1) is 4.70 Å². The Labute approximate surface area is 212 Å². The van der Waals surface area contributed by atoms with Crippen molar-refractivity contribution >= 4 is 44.3 Å². The van der Waals surface area contributed by atoms with Crippen molar-refractivity contribution < 1.29 is 14.6 Å².